The van der Waals surface area contributed by atoms with Crippen molar-refractivity contribution in [2.45, 2.75) is 276 Å². The minimum atomic E-state index is -1.04. The summed E-state index contributed by atoms with van der Waals surface area (Å²) in [5, 5.41) is 10.4. The van der Waals surface area contributed by atoms with Crippen molar-refractivity contribution in [1.29, 1.82) is 0 Å². The second-order valence-electron chi connectivity index (χ2n) is 18.9. The highest BCUT2D eigenvalue weighted by atomic mass is 16.6. The van der Waals surface area contributed by atoms with Crippen LogP contribution in [0.1, 0.15) is 252 Å². The third kappa shape index (κ3) is 38.6. The molecule has 1 rings (SSSR count). The maximum atomic E-state index is 13.2. The normalized spacial score (nSPS) is 17.0. The standard InChI is InChI=1S/C60H102O8/c1-4-7-10-13-16-19-22-25-28-31-34-37-40-43-46-49-56(62)66-54(52-61)59-60(68-58(64)51-48-45-42-39-36-33-30-27-24-21-18-15-12-9-6-3)55(53-65-59)67-57(63)50-47-44-41-38-35-32-29-26-23-20-17-14-11-8-5-2/h16-21,25-30,54-55,59-61H,4-15,22-24,31-53H2,1-3H3/b19-16-,20-17-,21-18-,28-25-,29-26-,30-27-/t54-,55+,59-,60-/m1/s1. The van der Waals surface area contributed by atoms with Gasteiger partial charge in [0.05, 0.1) is 13.2 Å². The second kappa shape index (κ2) is 48.8. The Morgan fingerprint density at radius 3 is 1.13 bits per heavy atom. The van der Waals surface area contributed by atoms with Crippen LogP contribution in [0.5, 0.6) is 0 Å². The smallest absolute Gasteiger partial charge is 0.306 e. The van der Waals surface area contributed by atoms with Crippen LogP contribution in [0.3, 0.4) is 0 Å². The number of aliphatic hydroxyl groups is 1. The van der Waals surface area contributed by atoms with Crippen molar-refractivity contribution in [3.63, 3.8) is 0 Å². The molecule has 1 fully saturated rings. The second-order valence-corrected chi connectivity index (χ2v) is 18.9. The van der Waals surface area contributed by atoms with Crippen molar-refractivity contribution in [2.24, 2.45) is 0 Å². The Kier molecular flexibility index (Phi) is 45.0. The van der Waals surface area contributed by atoms with Crippen molar-refractivity contribution in [2.75, 3.05) is 13.2 Å². The SMILES string of the molecule is CCCCC/C=C\C/C=C\CCCCCCCC(=O)O[C@H]1[C@@H]([C@@H](CO)OC(=O)CCCCCCC/C=C\C/C=C\CCCCC)OC[C@@H]1OC(=O)CCCCCCC/C=C\C/C=C\CCCCC. The van der Waals surface area contributed by atoms with Gasteiger partial charge in [0.15, 0.2) is 18.3 Å². The molecule has 1 aliphatic rings. The summed E-state index contributed by atoms with van der Waals surface area (Å²) in [5.41, 5.74) is 0. The predicted octanol–water partition coefficient (Wildman–Crippen LogP) is 16.6. The van der Waals surface area contributed by atoms with Crippen LogP contribution in [0.25, 0.3) is 0 Å². The fourth-order valence-electron chi connectivity index (χ4n) is 8.29. The van der Waals surface area contributed by atoms with Crippen molar-refractivity contribution >= 4 is 17.9 Å². The van der Waals surface area contributed by atoms with E-state index in [2.05, 4.69) is 93.7 Å². The van der Waals surface area contributed by atoms with Crippen LogP contribution in [0.15, 0.2) is 72.9 Å². The fraction of sp³-hybridized carbons (Fsp3) is 0.750. The molecule has 0 radical (unpaired) electrons. The van der Waals surface area contributed by atoms with E-state index in [1.807, 2.05) is 0 Å². The molecule has 0 aromatic rings. The minimum Gasteiger partial charge on any atom is -0.457 e. The van der Waals surface area contributed by atoms with E-state index in [4.69, 9.17) is 18.9 Å². The van der Waals surface area contributed by atoms with Gasteiger partial charge < -0.3 is 24.1 Å². The van der Waals surface area contributed by atoms with Crippen molar-refractivity contribution < 1.29 is 38.4 Å². The van der Waals surface area contributed by atoms with E-state index < -0.39 is 43.0 Å². The Bertz CT molecular complexity index is 1360. The summed E-state index contributed by atoms with van der Waals surface area (Å²) in [7, 11) is 0. The monoisotopic (exact) mass is 951 g/mol. The molecule has 1 heterocycles. The van der Waals surface area contributed by atoms with Crippen LogP contribution in [0.2, 0.25) is 0 Å². The highest BCUT2D eigenvalue weighted by Gasteiger charge is 2.47. The first-order valence-corrected chi connectivity index (χ1v) is 28.2. The molecule has 0 unspecified atom stereocenters. The predicted molar refractivity (Wildman–Crippen MR) is 285 cm³/mol. The molecule has 0 aromatic heterocycles. The summed E-state index contributed by atoms with van der Waals surface area (Å²) in [6.45, 7) is 6.20. The van der Waals surface area contributed by atoms with Crippen LogP contribution in [-0.4, -0.2) is 60.6 Å². The average Bonchev–Trinajstić information content (AvgIpc) is 3.72. The lowest BCUT2D eigenvalue weighted by atomic mass is 10.1. The molecular weight excluding hydrogens is 849 g/mol. The van der Waals surface area contributed by atoms with Crippen LogP contribution in [-0.2, 0) is 33.3 Å². The zero-order valence-corrected chi connectivity index (χ0v) is 43.9. The van der Waals surface area contributed by atoms with E-state index >= 15 is 0 Å². The molecule has 0 aliphatic carbocycles. The molecule has 1 saturated heterocycles. The maximum absolute atomic E-state index is 13.2. The van der Waals surface area contributed by atoms with E-state index in [9.17, 15) is 19.5 Å². The third-order valence-corrected chi connectivity index (χ3v) is 12.5. The summed E-state index contributed by atoms with van der Waals surface area (Å²) < 4.78 is 23.6. The number of rotatable bonds is 47. The third-order valence-electron chi connectivity index (χ3n) is 12.5. The topological polar surface area (TPSA) is 108 Å². The van der Waals surface area contributed by atoms with Gasteiger partial charge in [-0.15, -0.1) is 0 Å². The highest BCUT2D eigenvalue weighted by Crippen LogP contribution is 2.27. The first kappa shape index (κ1) is 62.8. The number of esters is 3. The number of carbonyl (C=O) groups is 3. The Morgan fingerprint density at radius 2 is 0.765 bits per heavy atom. The molecule has 1 N–H and O–H groups in total. The summed E-state index contributed by atoms with van der Waals surface area (Å²) >= 11 is 0. The number of aliphatic hydroxyl groups excluding tert-OH is 1. The molecule has 0 spiro atoms. The summed E-state index contributed by atoms with van der Waals surface area (Å²) in [6, 6.07) is 0. The first-order chi connectivity index (χ1) is 33.5. The van der Waals surface area contributed by atoms with Crippen molar-refractivity contribution in [1.82, 2.24) is 0 Å². The summed E-state index contributed by atoms with van der Waals surface area (Å²) in [4.78, 5) is 39.3. The molecular formula is C60H102O8. The van der Waals surface area contributed by atoms with Gasteiger partial charge in [-0.05, 0) is 116 Å². The number of carbonyl (C=O) groups excluding carboxylic acids is 3. The maximum Gasteiger partial charge on any atom is 0.306 e. The number of allylic oxidation sites excluding steroid dienone is 12. The average molecular weight is 951 g/mol. The van der Waals surface area contributed by atoms with Gasteiger partial charge in [0.2, 0.25) is 0 Å². The lowest BCUT2D eigenvalue weighted by molar-refractivity contribution is -0.175. The van der Waals surface area contributed by atoms with Gasteiger partial charge in [-0.25, -0.2) is 0 Å². The van der Waals surface area contributed by atoms with Crippen molar-refractivity contribution in [3.8, 4) is 0 Å². The van der Waals surface area contributed by atoms with E-state index in [-0.39, 0.29) is 31.8 Å². The van der Waals surface area contributed by atoms with E-state index in [0.29, 0.717) is 12.8 Å². The summed E-state index contributed by atoms with van der Waals surface area (Å²) in [6.07, 6.45) is 60.1. The van der Waals surface area contributed by atoms with E-state index in [1.165, 1.54) is 77.0 Å². The molecule has 390 valence electrons. The zero-order valence-electron chi connectivity index (χ0n) is 43.9. The molecule has 0 bridgehead atoms. The van der Waals surface area contributed by atoms with Crippen LogP contribution < -0.4 is 0 Å². The van der Waals surface area contributed by atoms with E-state index in [1.54, 1.807) is 0 Å². The Labute approximate surface area is 417 Å². The quantitative estimate of drug-likeness (QED) is 0.0278. The first-order valence-electron chi connectivity index (χ1n) is 28.2. The zero-order chi connectivity index (χ0) is 49.2. The molecule has 8 heteroatoms. The van der Waals surface area contributed by atoms with Gasteiger partial charge >= 0.3 is 17.9 Å². The minimum absolute atomic E-state index is 0.000795. The molecule has 68 heavy (non-hydrogen) atoms. The van der Waals surface area contributed by atoms with Crippen LogP contribution in [0.4, 0.5) is 0 Å². The molecule has 0 saturated carbocycles. The van der Waals surface area contributed by atoms with Gasteiger partial charge in [0, 0.05) is 19.3 Å². The van der Waals surface area contributed by atoms with Crippen molar-refractivity contribution in [3.05, 3.63) is 72.9 Å². The van der Waals surface area contributed by atoms with Gasteiger partial charge in [0.1, 0.15) is 6.10 Å². The number of ether oxygens (including phenoxy) is 4. The molecule has 0 amide bonds. The van der Waals surface area contributed by atoms with Crippen LogP contribution in [0, 0.1) is 0 Å². The summed E-state index contributed by atoms with van der Waals surface area (Å²) in [5.74, 6) is -1.19. The number of hydrogen-bond acceptors (Lipinski definition) is 8. The fourth-order valence-corrected chi connectivity index (χ4v) is 8.29. The van der Waals surface area contributed by atoms with E-state index in [0.717, 1.165) is 122 Å². The molecule has 4 atom stereocenters. The van der Waals surface area contributed by atoms with Gasteiger partial charge in [-0.2, -0.15) is 0 Å². The Hall–Kier alpha value is -3.23. The highest BCUT2D eigenvalue weighted by molar-refractivity contribution is 5.71. The number of hydrogen-bond donors (Lipinski definition) is 1. The van der Waals surface area contributed by atoms with Gasteiger partial charge in [-0.1, -0.05) is 190 Å². The lowest BCUT2D eigenvalue weighted by Crippen LogP contribution is -2.46. The number of unbranched alkanes of at least 4 members (excludes halogenated alkanes) is 24. The van der Waals surface area contributed by atoms with Crippen LogP contribution >= 0.6 is 0 Å². The van der Waals surface area contributed by atoms with Gasteiger partial charge in [0.25, 0.3) is 0 Å². The molecule has 8 nitrogen and oxygen atoms in total. The largest absolute Gasteiger partial charge is 0.457 e. The molecule has 0 aromatic carbocycles. The lowest BCUT2D eigenvalue weighted by Gasteiger charge is -2.28. The Morgan fingerprint density at radius 1 is 0.441 bits per heavy atom. The van der Waals surface area contributed by atoms with Gasteiger partial charge in [-0.3, -0.25) is 14.4 Å². The Balaban J connectivity index is 2.55. The molecule has 1 aliphatic heterocycles.